The zero-order valence-corrected chi connectivity index (χ0v) is 6.13. The van der Waals surface area contributed by atoms with Gasteiger partial charge in [0, 0.05) is 12.1 Å². The van der Waals surface area contributed by atoms with Crippen molar-refractivity contribution >= 4 is 11.5 Å². The van der Waals surface area contributed by atoms with Gasteiger partial charge in [-0.2, -0.15) is 10.2 Å². The van der Waals surface area contributed by atoms with Crippen LogP contribution in [0, 0.1) is 0 Å². The summed E-state index contributed by atoms with van der Waals surface area (Å²) in [6.45, 7) is 3.99. The van der Waals surface area contributed by atoms with Crippen LogP contribution in [0.1, 0.15) is 20.3 Å². The monoisotopic (exact) mass is 138 g/mol. The molecule has 0 bridgehead atoms. The van der Waals surface area contributed by atoms with Gasteiger partial charge < -0.3 is 0 Å². The SMILES string of the molecule is CC1=NN2C(C)=NNC2C1. The molecule has 2 rings (SSSR count). The summed E-state index contributed by atoms with van der Waals surface area (Å²) in [7, 11) is 0. The second kappa shape index (κ2) is 1.71. The molecule has 0 fully saturated rings. The van der Waals surface area contributed by atoms with Crippen molar-refractivity contribution < 1.29 is 0 Å². The van der Waals surface area contributed by atoms with Crippen LogP contribution >= 0.6 is 0 Å². The Morgan fingerprint density at radius 1 is 1.60 bits per heavy atom. The first-order valence-electron chi connectivity index (χ1n) is 3.40. The summed E-state index contributed by atoms with van der Waals surface area (Å²) in [5, 5.41) is 10.3. The first-order chi connectivity index (χ1) is 4.77. The maximum absolute atomic E-state index is 4.29. The number of nitrogens with one attached hydrogen (secondary N) is 1. The Balaban J connectivity index is 2.25. The van der Waals surface area contributed by atoms with Crippen molar-refractivity contribution in [1.29, 1.82) is 0 Å². The predicted molar refractivity (Wildman–Crippen MR) is 39.6 cm³/mol. The molecule has 10 heavy (non-hydrogen) atoms. The van der Waals surface area contributed by atoms with Crippen molar-refractivity contribution in [3.05, 3.63) is 0 Å². The summed E-state index contributed by atoms with van der Waals surface area (Å²) in [5.41, 5.74) is 4.17. The van der Waals surface area contributed by atoms with Crippen molar-refractivity contribution in [2.45, 2.75) is 26.4 Å². The van der Waals surface area contributed by atoms with E-state index in [-0.39, 0.29) is 0 Å². The van der Waals surface area contributed by atoms with Gasteiger partial charge in [-0.25, -0.2) is 5.01 Å². The Kier molecular flexibility index (Phi) is 0.977. The Hall–Kier alpha value is -1.06. The fraction of sp³-hybridized carbons (Fsp3) is 0.667. The molecule has 54 valence electrons. The zero-order valence-electron chi connectivity index (χ0n) is 6.13. The first-order valence-corrected chi connectivity index (χ1v) is 3.40. The van der Waals surface area contributed by atoms with Gasteiger partial charge in [0.15, 0.2) is 0 Å². The number of nitrogens with zero attached hydrogens (tertiary/aromatic N) is 3. The number of amidine groups is 1. The quantitative estimate of drug-likeness (QED) is 0.524. The van der Waals surface area contributed by atoms with Gasteiger partial charge in [-0.1, -0.05) is 0 Å². The van der Waals surface area contributed by atoms with Crippen LogP contribution in [0.3, 0.4) is 0 Å². The van der Waals surface area contributed by atoms with Gasteiger partial charge in [-0.3, -0.25) is 5.43 Å². The number of hydrazone groups is 2. The van der Waals surface area contributed by atoms with E-state index in [1.165, 1.54) is 5.71 Å². The lowest BCUT2D eigenvalue weighted by Gasteiger charge is -2.11. The lowest BCUT2D eigenvalue weighted by atomic mass is 10.3. The molecule has 1 N–H and O–H groups in total. The van der Waals surface area contributed by atoms with E-state index >= 15 is 0 Å². The highest BCUT2D eigenvalue weighted by molar-refractivity contribution is 5.90. The van der Waals surface area contributed by atoms with Crippen LogP contribution in [0.15, 0.2) is 10.2 Å². The molecule has 0 aromatic rings. The summed E-state index contributed by atoms with van der Waals surface area (Å²) in [6.07, 6.45) is 1.29. The lowest BCUT2D eigenvalue weighted by Crippen LogP contribution is -2.31. The predicted octanol–water partition coefficient (Wildman–Crippen LogP) is 0.331. The third-order valence-electron chi connectivity index (χ3n) is 1.77. The van der Waals surface area contributed by atoms with Crippen LogP contribution in [-0.4, -0.2) is 22.7 Å². The van der Waals surface area contributed by atoms with E-state index in [1.807, 2.05) is 18.9 Å². The van der Waals surface area contributed by atoms with Crippen LogP contribution in [-0.2, 0) is 0 Å². The number of hydrogen-bond donors (Lipinski definition) is 1. The summed E-state index contributed by atoms with van der Waals surface area (Å²) < 4.78 is 0. The minimum atomic E-state index is 0.306. The van der Waals surface area contributed by atoms with Gasteiger partial charge in [-0.05, 0) is 13.8 Å². The molecular formula is C6H10N4. The molecule has 0 spiro atoms. The molecule has 0 aliphatic carbocycles. The normalized spacial score (nSPS) is 29.4. The van der Waals surface area contributed by atoms with Crippen LogP contribution in [0.2, 0.25) is 0 Å². The number of rotatable bonds is 0. The van der Waals surface area contributed by atoms with Gasteiger partial charge in [-0.15, -0.1) is 0 Å². The van der Waals surface area contributed by atoms with E-state index < -0.39 is 0 Å². The van der Waals surface area contributed by atoms with Crippen LogP contribution in [0.5, 0.6) is 0 Å². The Morgan fingerprint density at radius 2 is 2.40 bits per heavy atom. The largest absolute Gasteiger partial charge is 0.284 e. The molecular weight excluding hydrogens is 128 g/mol. The highest BCUT2D eigenvalue weighted by atomic mass is 15.7. The molecule has 0 amide bonds. The van der Waals surface area contributed by atoms with Gasteiger partial charge in [0.05, 0.1) is 0 Å². The van der Waals surface area contributed by atoms with Crippen LogP contribution in [0.4, 0.5) is 0 Å². The van der Waals surface area contributed by atoms with Gasteiger partial charge in [0.25, 0.3) is 0 Å². The Labute approximate surface area is 59.6 Å². The summed E-state index contributed by atoms with van der Waals surface area (Å²) >= 11 is 0. The van der Waals surface area contributed by atoms with Crippen molar-refractivity contribution in [3.63, 3.8) is 0 Å². The molecule has 4 heteroatoms. The van der Waals surface area contributed by atoms with Crippen molar-refractivity contribution in [3.8, 4) is 0 Å². The maximum atomic E-state index is 4.29. The van der Waals surface area contributed by atoms with E-state index in [9.17, 15) is 0 Å². The average molecular weight is 138 g/mol. The van der Waals surface area contributed by atoms with Crippen LogP contribution < -0.4 is 5.43 Å². The molecule has 1 atom stereocenters. The zero-order chi connectivity index (χ0) is 7.14. The summed E-state index contributed by atoms with van der Waals surface area (Å²) in [4.78, 5) is 0. The standard InChI is InChI=1S/C6H10N4/c1-4-3-6-8-7-5(2)10(6)9-4/h6,8H,3H2,1-2H3. The highest BCUT2D eigenvalue weighted by Gasteiger charge is 2.29. The molecule has 0 radical (unpaired) electrons. The van der Waals surface area contributed by atoms with Gasteiger partial charge in [0.2, 0.25) is 0 Å². The molecule has 2 aliphatic heterocycles. The Morgan fingerprint density at radius 3 is 3.10 bits per heavy atom. The van der Waals surface area contributed by atoms with E-state index in [2.05, 4.69) is 15.6 Å². The fourth-order valence-corrected chi connectivity index (χ4v) is 1.28. The lowest BCUT2D eigenvalue weighted by molar-refractivity contribution is 0.348. The molecule has 2 heterocycles. The molecule has 1 unspecified atom stereocenters. The fourth-order valence-electron chi connectivity index (χ4n) is 1.28. The molecule has 0 saturated carbocycles. The van der Waals surface area contributed by atoms with Crippen molar-refractivity contribution in [1.82, 2.24) is 10.4 Å². The molecule has 0 aromatic heterocycles. The summed E-state index contributed by atoms with van der Waals surface area (Å²) in [5.74, 6) is 0.960. The van der Waals surface area contributed by atoms with Gasteiger partial charge in [0.1, 0.15) is 12.0 Å². The van der Waals surface area contributed by atoms with Gasteiger partial charge >= 0.3 is 0 Å². The van der Waals surface area contributed by atoms with E-state index in [1.54, 1.807) is 0 Å². The first kappa shape index (κ1) is 5.70. The minimum absolute atomic E-state index is 0.306. The minimum Gasteiger partial charge on any atom is -0.284 e. The molecule has 0 saturated heterocycles. The molecule has 4 nitrogen and oxygen atoms in total. The topological polar surface area (TPSA) is 40.0 Å². The average Bonchev–Trinajstić information content (AvgIpc) is 2.35. The molecule has 2 aliphatic rings. The smallest absolute Gasteiger partial charge is 0.144 e. The maximum Gasteiger partial charge on any atom is 0.144 e. The third kappa shape index (κ3) is 0.616. The van der Waals surface area contributed by atoms with Crippen molar-refractivity contribution in [2.24, 2.45) is 10.2 Å². The van der Waals surface area contributed by atoms with E-state index in [4.69, 9.17) is 0 Å². The number of fused-ring (bicyclic) bond motifs is 1. The highest BCUT2D eigenvalue weighted by Crippen LogP contribution is 2.17. The van der Waals surface area contributed by atoms with Crippen molar-refractivity contribution in [2.75, 3.05) is 0 Å². The second-order valence-corrected chi connectivity index (χ2v) is 2.69. The number of hydrogen-bond acceptors (Lipinski definition) is 4. The molecule has 0 aromatic carbocycles. The van der Waals surface area contributed by atoms with E-state index in [0.717, 1.165) is 12.3 Å². The second-order valence-electron chi connectivity index (χ2n) is 2.69. The summed E-state index contributed by atoms with van der Waals surface area (Å²) in [6, 6.07) is 0. The van der Waals surface area contributed by atoms with E-state index in [0.29, 0.717) is 6.17 Å². The Bertz CT molecular complexity index is 218. The van der Waals surface area contributed by atoms with Crippen LogP contribution in [0.25, 0.3) is 0 Å². The third-order valence-corrected chi connectivity index (χ3v) is 1.77.